The van der Waals surface area contributed by atoms with Gasteiger partial charge in [0.05, 0.1) is 16.4 Å². The molecule has 0 atom stereocenters. The highest BCUT2D eigenvalue weighted by Gasteiger charge is 2.17. The monoisotopic (exact) mass is 309 g/mol. The van der Waals surface area contributed by atoms with Crippen LogP contribution in [0.2, 0.25) is 5.02 Å². The highest BCUT2D eigenvalue weighted by molar-refractivity contribution is 7.80. The van der Waals surface area contributed by atoms with Gasteiger partial charge in [-0.05, 0) is 19.1 Å². The first kappa shape index (κ1) is 14.5. The third-order valence-electron chi connectivity index (χ3n) is 2.61. The van der Waals surface area contributed by atoms with Gasteiger partial charge in [0.2, 0.25) is 5.76 Å². The van der Waals surface area contributed by atoms with Crippen LogP contribution >= 0.6 is 23.8 Å². The Labute approximate surface area is 126 Å². The molecule has 0 saturated carbocycles. The Morgan fingerprint density at radius 1 is 1.45 bits per heavy atom. The number of hydrogen-bond acceptors (Lipinski definition) is 4. The fraction of sp³-hybridized carbons (Fsp3) is 0.154. The van der Waals surface area contributed by atoms with Crippen molar-refractivity contribution in [3.05, 3.63) is 46.1 Å². The number of halogens is 1. The molecule has 0 aliphatic rings. The number of aromatic nitrogens is 1. The molecule has 0 aliphatic carbocycles. The van der Waals surface area contributed by atoms with Crippen LogP contribution < -0.4 is 11.1 Å². The molecule has 1 heterocycles. The Morgan fingerprint density at radius 2 is 2.15 bits per heavy atom. The van der Waals surface area contributed by atoms with Crippen molar-refractivity contribution >= 4 is 40.4 Å². The fourth-order valence-electron chi connectivity index (χ4n) is 1.70. The molecule has 5 nitrogen and oxygen atoms in total. The largest absolute Gasteiger partial charge is 0.436 e. The third-order valence-corrected chi connectivity index (χ3v) is 3.17. The van der Waals surface area contributed by atoms with Crippen LogP contribution in [0.1, 0.15) is 27.7 Å². The van der Waals surface area contributed by atoms with Crippen molar-refractivity contribution in [2.24, 2.45) is 5.73 Å². The Bertz CT molecular complexity index is 697. The molecular weight excluding hydrogens is 298 g/mol. The number of hydrogen-bond donors (Lipinski definition) is 2. The number of aryl methyl sites for hydroxylation is 2. The van der Waals surface area contributed by atoms with Crippen LogP contribution in [-0.4, -0.2) is 15.9 Å². The van der Waals surface area contributed by atoms with Crippen LogP contribution in [0.5, 0.6) is 0 Å². The molecule has 1 amide bonds. The summed E-state index contributed by atoms with van der Waals surface area (Å²) in [7, 11) is 0. The lowest BCUT2D eigenvalue weighted by Crippen LogP contribution is -2.14. The minimum atomic E-state index is -0.426. The van der Waals surface area contributed by atoms with Gasteiger partial charge in [0.15, 0.2) is 5.89 Å². The maximum Gasteiger partial charge on any atom is 0.293 e. The summed E-state index contributed by atoms with van der Waals surface area (Å²) in [6, 6.07) is 4.91. The van der Waals surface area contributed by atoms with Gasteiger partial charge in [-0.1, -0.05) is 29.9 Å². The number of amides is 1. The van der Waals surface area contributed by atoms with E-state index in [4.69, 9.17) is 34.0 Å². The highest BCUT2D eigenvalue weighted by Crippen LogP contribution is 2.24. The molecule has 3 N–H and O–H groups in total. The van der Waals surface area contributed by atoms with Crippen molar-refractivity contribution in [2.75, 3.05) is 5.32 Å². The quantitative estimate of drug-likeness (QED) is 0.852. The topological polar surface area (TPSA) is 81.2 Å². The summed E-state index contributed by atoms with van der Waals surface area (Å²) in [4.78, 5) is 16.4. The Balaban J connectivity index is 2.30. The predicted octanol–water partition coefficient (Wildman–Crippen LogP) is 2.83. The number of carbonyl (C=O) groups is 1. The van der Waals surface area contributed by atoms with Crippen LogP contribution in [0.3, 0.4) is 0 Å². The number of nitrogens with two attached hydrogens (primary N) is 1. The van der Waals surface area contributed by atoms with E-state index < -0.39 is 5.91 Å². The standard InChI is InChI=1S/C13H12ClN3O2S/c1-6-11(19-7(2)16-6)13(18)17-10-5-8(12(15)20)3-4-9(10)14/h3-5H,1-2H3,(H2,15,20)(H,17,18). The number of anilines is 1. The van der Waals surface area contributed by atoms with E-state index in [1.165, 1.54) is 0 Å². The van der Waals surface area contributed by atoms with Gasteiger partial charge in [0.1, 0.15) is 4.99 Å². The summed E-state index contributed by atoms with van der Waals surface area (Å²) in [5.74, 6) is 0.153. The minimum Gasteiger partial charge on any atom is -0.436 e. The lowest BCUT2D eigenvalue weighted by Gasteiger charge is -2.08. The van der Waals surface area contributed by atoms with Crippen molar-refractivity contribution < 1.29 is 9.21 Å². The van der Waals surface area contributed by atoms with Gasteiger partial charge in [-0.3, -0.25) is 4.79 Å². The molecular formula is C13H12ClN3O2S. The van der Waals surface area contributed by atoms with E-state index in [-0.39, 0.29) is 10.7 Å². The number of thiocarbonyl (C=S) groups is 1. The van der Waals surface area contributed by atoms with Gasteiger partial charge in [-0.15, -0.1) is 0 Å². The molecule has 20 heavy (non-hydrogen) atoms. The van der Waals surface area contributed by atoms with Gasteiger partial charge < -0.3 is 15.5 Å². The molecule has 0 aliphatic heterocycles. The zero-order valence-corrected chi connectivity index (χ0v) is 12.4. The minimum absolute atomic E-state index is 0.152. The number of benzene rings is 1. The van der Waals surface area contributed by atoms with Crippen LogP contribution in [0.4, 0.5) is 5.69 Å². The number of carbonyl (C=O) groups excluding carboxylic acids is 1. The lowest BCUT2D eigenvalue weighted by atomic mass is 10.2. The molecule has 0 radical (unpaired) electrons. The maximum atomic E-state index is 12.1. The van der Waals surface area contributed by atoms with Crippen molar-refractivity contribution in [1.82, 2.24) is 4.98 Å². The molecule has 7 heteroatoms. The maximum absolute atomic E-state index is 12.1. The average Bonchev–Trinajstić information content (AvgIpc) is 2.71. The normalized spacial score (nSPS) is 10.3. The molecule has 1 aromatic carbocycles. The summed E-state index contributed by atoms with van der Waals surface area (Å²) in [5, 5.41) is 3.04. The van der Waals surface area contributed by atoms with Crippen LogP contribution in [-0.2, 0) is 0 Å². The molecule has 1 aromatic heterocycles. The summed E-state index contributed by atoms with van der Waals surface area (Å²) < 4.78 is 5.25. The molecule has 104 valence electrons. The molecule has 0 fully saturated rings. The van der Waals surface area contributed by atoms with E-state index in [0.717, 1.165) is 0 Å². The molecule has 0 saturated heterocycles. The summed E-state index contributed by atoms with van der Waals surface area (Å²) >= 11 is 10.9. The zero-order valence-electron chi connectivity index (χ0n) is 10.9. The van der Waals surface area contributed by atoms with E-state index in [2.05, 4.69) is 10.3 Å². The number of oxazole rings is 1. The van der Waals surface area contributed by atoms with E-state index >= 15 is 0 Å². The summed E-state index contributed by atoms with van der Waals surface area (Å²) in [6.07, 6.45) is 0. The molecule has 0 bridgehead atoms. The smallest absolute Gasteiger partial charge is 0.293 e. The second-order valence-electron chi connectivity index (χ2n) is 4.16. The summed E-state index contributed by atoms with van der Waals surface area (Å²) in [6.45, 7) is 3.36. The van der Waals surface area contributed by atoms with Crippen LogP contribution in [0.25, 0.3) is 0 Å². The Hall–Kier alpha value is -1.92. The first-order chi connectivity index (χ1) is 9.38. The molecule has 2 rings (SSSR count). The third kappa shape index (κ3) is 2.97. The number of nitrogens with one attached hydrogen (secondary N) is 1. The second kappa shape index (κ2) is 5.60. The second-order valence-corrected chi connectivity index (χ2v) is 5.01. The van der Waals surface area contributed by atoms with Crippen LogP contribution in [0, 0.1) is 13.8 Å². The van der Waals surface area contributed by atoms with Crippen molar-refractivity contribution in [3.63, 3.8) is 0 Å². The van der Waals surface area contributed by atoms with Gasteiger partial charge in [-0.2, -0.15) is 0 Å². The highest BCUT2D eigenvalue weighted by atomic mass is 35.5. The van der Waals surface area contributed by atoms with Gasteiger partial charge >= 0.3 is 0 Å². The predicted molar refractivity (Wildman–Crippen MR) is 81.3 cm³/mol. The van der Waals surface area contributed by atoms with Crippen molar-refractivity contribution in [1.29, 1.82) is 0 Å². The number of nitrogens with zero attached hydrogens (tertiary/aromatic N) is 1. The Kier molecular flexibility index (Phi) is 4.06. The SMILES string of the molecule is Cc1nc(C)c(C(=O)Nc2cc(C(N)=S)ccc2Cl)o1. The van der Waals surface area contributed by atoms with Crippen molar-refractivity contribution in [2.45, 2.75) is 13.8 Å². The first-order valence-electron chi connectivity index (χ1n) is 5.73. The first-order valence-corrected chi connectivity index (χ1v) is 6.52. The van der Waals surface area contributed by atoms with E-state index in [1.54, 1.807) is 32.0 Å². The lowest BCUT2D eigenvalue weighted by molar-refractivity contribution is 0.0994. The molecule has 2 aromatic rings. The van der Waals surface area contributed by atoms with Gasteiger partial charge in [-0.25, -0.2) is 4.98 Å². The summed E-state index contributed by atoms with van der Waals surface area (Å²) in [5.41, 5.74) is 7.09. The fourth-order valence-corrected chi connectivity index (χ4v) is 1.99. The van der Waals surface area contributed by atoms with E-state index in [9.17, 15) is 4.79 Å². The average molecular weight is 310 g/mol. The zero-order chi connectivity index (χ0) is 14.9. The van der Waals surface area contributed by atoms with Gasteiger partial charge in [0, 0.05) is 12.5 Å². The van der Waals surface area contributed by atoms with E-state index in [1.807, 2.05) is 0 Å². The molecule has 0 unspecified atom stereocenters. The van der Waals surface area contributed by atoms with E-state index in [0.29, 0.717) is 27.9 Å². The Morgan fingerprint density at radius 3 is 2.70 bits per heavy atom. The number of rotatable bonds is 3. The van der Waals surface area contributed by atoms with Crippen molar-refractivity contribution in [3.8, 4) is 0 Å². The molecule has 0 spiro atoms. The van der Waals surface area contributed by atoms with Crippen LogP contribution in [0.15, 0.2) is 22.6 Å². The van der Waals surface area contributed by atoms with Gasteiger partial charge in [0.25, 0.3) is 5.91 Å².